The van der Waals surface area contributed by atoms with Gasteiger partial charge in [0.05, 0.1) is 4.75 Å². The number of hydrogen-bond acceptors (Lipinski definition) is 4. The van der Waals surface area contributed by atoms with Crippen molar-refractivity contribution >= 4 is 40.9 Å². The van der Waals surface area contributed by atoms with E-state index in [9.17, 15) is 4.79 Å². The Balaban J connectivity index is 1.44. The van der Waals surface area contributed by atoms with Crippen LogP contribution in [-0.2, 0) is 19.9 Å². The van der Waals surface area contributed by atoms with Gasteiger partial charge < -0.3 is 10.5 Å². The highest BCUT2D eigenvalue weighted by atomic mass is 35.5. The molecule has 0 aliphatic heterocycles. The minimum Gasteiger partial charge on any atom is -0.443 e. The Morgan fingerprint density at radius 2 is 1.02 bits per heavy atom. The van der Waals surface area contributed by atoms with Crippen LogP contribution in [-0.4, -0.2) is 17.8 Å². The lowest BCUT2D eigenvalue weighted by molar-refractivity contribution is -0.154. The van der Waals surface area contributed by atoms with Crippen LogP contribution in [0.4, 0.5) is 0 Å². The second-order valence-electron chi connectivity index (χ2n) is 11.6. The molecule has 6 heteroatoms. The Kier molecular flexibility index (Phi) is 10.4. The third-order valence-electron chi connectivity index (χ3n) is 8.54. The van der Waals surface area contributed by atoms with Gasteiger partial charge in [-0.3, -0.25) is 4.79 Å². The van der Waals surface area contributed by atoms with Gasteiger partial charge in [0.25, 0.3) is 0 Å². The molecule has 1 unspecified atom stereocenters. The van der Waals surface area contributed by atoms with E-state index in [4.69, 9.17) is 33.7 Å². The Morgan fingerprint density at radius 3 is 1.52 bits per heavy atom. The molecular weight excluding hydrogens is 653 g/mol. The molecule has 0 aromatic heterocycles. The Hall–Kier alpha value is -4.32. The van der Waals surface area contributed by atoms with Crippen LogP contribution in [0.3, 0.4) is 0 Å². The summed E-state index contributed by atoms with van der Waals surface area (Å²) in [6.45, 7) is 2.02. The number of aryl methyl sites for hydroxylation is 1. The van der Waals surface area contributed by atoms with E-state index in [1.54, 1.807) is 11.8 Å². The second kappa shape index (κ2) is 14.8. The third kappa shape index (κ3) is 6.54. The molecule has 3 nitrogen and oxygen atoms in total. The van der Waals surface area contributed by atoms with Crippen LogP contribution in [0.5, 0.6) is 0 Å². The predicted octanol–water partition coefficient (Wildman–Crippen LogP) is 10.2. The summed E-state index contributed by atoms with van der Waals surface area (Å²) in [5.74, 6) is -0.323. The van der Waals surface area contributed by atoms with Crippen LogP contribution in [0, 0.1) is 6.92 Å². The highest BCUT2D eigenvalue weighted by molar-refractivity contribution is 8.00. The molecule has 0 aliphatic carbocycles. The van der Waals surface area contributed by atoms with Crippen molar-refractivity contribution in [1.29, 1.82) is 0 Å². The number of benzene rings is 6. The standard InChI is InChI=1S/C42H35Cl2NO2S/c1-30-25-27-32(28-26-30)41(31-15-5-2-6-16-31,35-21-11-13-23-37(35)43)47-40(46)39(45)29-48-42(33-17-7-3-8-18-33,34-19-9-4-10-20-34)36-22-12-14-24-38(36)44/h2-28,39H,29,45H2,1H3/t39-,41?/m0/s1. The van der Waals surface area contributed by atoms with Gasteiger partial charge in [0, 0.05) is 32.5 Å². The van der Waals surface area contributed by atoms with Gasteiger partial charge in [-0.05, 0) is 35.7 Å². The molecule has 2 N–H and O–H groups in total. The van der Waals surface area contributed by atoms with E-state index in [0.717, 1.165) is 33.4 Å². The lowest BCUT2D eigenvalue weighted by atomic mass is 9.79. The van der Waals surface area contributed by atoms with E-state index in [2.05, 4.69) is 24.3 Å². The summed E-state index contributed by atoms with van der Waals surface area (Å²) in [6, 6.07) is 52.3. The van der Waals surface area contributed by atoms with Gasteiger partial charge in [-0.2, -0.15) is 0 Å². The summed E-state index contributed by atoms with van der Waals surface area (Å²) >= 11 is 15.4. The van der Waals surface area contributed by atoms with Crippen LogP contribution >= 0.6 is 35.0 Å². The van der Waals surface area contributed by atoms with Gasteiger partial charge in [0.1, 0.15) is 6.04 Å². The van der Waals surface area contributed by atoms with Crippen molar-refractivity contribution < 1.29 is 9.53 Å². The molecule has 48 heavy (non-hydrogen) atoms. The molecule has 0 radical (unpaired) electrons. The van der Waals surface area contributed by atoms with Crippen molar-refractivity contribution in [3.63, 3.8) is 0 Å². The maximum Gasteiger partial charge on any atom is 0.325 e. The summed E-state index contributed by atoms with van der Waals surface area (Å²) in [5.41, 5.74) is 11.7. The van der Waals surface area contributed by atoms with E-state index >= 15 is 0 Å². The van der Waals surface area contributed by atoms with Crippen molar-refractivity contribution in [3.8, 4) is 0 Å². The van der Waals surface area contributed by atoms with Crippen molar-refractivity contribution in [3.05, 3.63) is 213 Å². The fourth-order valence-corrected chi connectivity index (χ4v) is 8.29. The van der Waals surface area contributed by atoms with E-state index < -0.39 is 22.4 Å². The van der Waals surface area contributed by atoms with E-state index in [-0.39, 0.29) is 5.75 Å². The van der Waals surface area contributed by atoms with Gasteiger partial charge in [-0.15, -0.1) is 11.8 Å². The lowest BCUT2D eigenvalue weighted by Gasteiger charge is -2.38. The van der Waals surface area contributed by atoms with Gasteiger partial charge >= 0.3 is 5.97 Å². The summed E-state index contributed by atoms with van der Waals surface area (Å²) in [7, 11) is 0. The smallest absolute Gasteiger partial charge is 0.325 e. The minimum atomic E-state index is -1.36. The highest BCUT2D eigenvalue weighted by Gasteiger charge is 2.44. The maximum absolute atomic E-state index is 14.4. The number of esters is 1. The average molecular weight is 689 g/mol. The first kappa shape index (κ1) is 33.6. The molecule has 6 aromatic carbocycles. The molecule has 240 valence electrons. The monoisotopic (exact) mass is 687 g/mol. The number of halogens is 2. The zero-order valence-corrected chi connectivity index (χ0v) is 28.8. The molecule has 6 aromatic rings. The molecule has 0 spiro atoms. The van der Waals surface area contributed by atoms with Gasteiger partial charge in [-0.1, -0.05) is 180 Å². The number of carbonyl (C=O) groups is 1. The summed E-state index contributed by atoms with van der Waals surface area (Å²) < 4.78 is 5.93. The number of hydrogen-bond donors (Lipinski definition) is 1. The largest absolute Gasteiger partial charge is 0.443 e. The first-order valence-electron chi connectivity index (χ1n) is 15.7. The van der Waals surface area contributed by atoms with Crippen LogP contribution < -0.4 is 5.73 Å². The number of nitrogens with two attached hydrogens (primary N) is 1. The SMILES string of the molecule is Cc1ccc(C(OC(=O)[C@@H](N)CSC(c2ccccc2)(c2ccccc2)c2ccccc2Cl)(c2ccccc2)c2ccccc2Cl)cc1. The minimum absolute atomic E-state index is 0.231. The number of rotatable bonds is 11. The summed E-state index contributed by atoms with van der Waals surface area (Å²) in [4.78, 5) is 14.4. The molecule has 0 aliphatic rings. The van der Waals surface area contributed by atoms with Crippen molar-refractivity contribution in [2.45, 2.75) is 23.3 Å². The molecule has 0 amide bonds. The van der Waals surface area contributed by atoms with Crippen molar-refractivity contribution in [1.82, 2.24) is 0 Å². The van der Waals surface area contributed by atoms with Crippen LogP contribution in [0.2, 0.25) is 10.0 Å². The summed E-state index contributed by atoms with van der Waals surface area (Å²) in [5, 5.41) is 1.10. The first-order chi connectivity index (χ1) is 23.4. The van der Waals surface area contributed by atoms with Crippen LogP contribution in [0.15, 0.2) is 164 Å². The Morgan fingerprint density at radius 1 is 0.604 bits per heavy atom. The van der Waals surface area contributed by atoms with Crippen LogP contribution in [0.25, 0.3) is 0 Å². The molecule has 6 rings (SSSR count). The quantitative estimate of drug-likeness (QED) is 0.109. The number of ether oxygens (including phenoxy) is 1. The fourth-order valence-electron chi connectivity index (χ4n) is 6.18. The molecule has 0 heterocycles. The van der Waals surface area contributed by atoms with Crippen molar-refractivity contribution in [2.24, 2.45) is 5.73 Å². The van der Waals surface area contributed by atoms with E-state index in [1.807, 2.05) is 146 Å². The van der Waals surface area contributed by atoms with E-state index in [1.165, 1.54) is 0 Å². The highest BCUT2D eigenvalue weighted by Crippen LogP contribution is 2.51. The predicted molar refractivity (Wildman–Crippen MR) is 200 cm³/mol. The lowest BCUT2D eigenvalue weighted by Crippen LogP contribution is -2.44. The molecule has 2 atom stereocenters. The number of thioether (sulfide) groups is 1. The maximum atomic E-state index is 14.4. The zero-order chi connectivity index (χ0) is 33.6. The number of carbonyl (C=O) groups excluding carboxylic acids is 1. The molecule has 0 saturated carbocycles. The van der Waals surface area contributed by atoms with Gasteiger partial charge in [0.15, 0.2) is 5.60 Å². The molecule has 0 bridgehead atoms. The summed E-state index contributed by atoms with van der Waals surface area (Å²) in [6.07, 6.45) is 0. The topological polar surface area (TPSA) is 52.3 Å². The Bertz CT molecular complexity index is 1930. The van der Waals surface area contributed by atoms with Gasteiger partial charge in [-0.25, -0.2) is 0 Å². The first-order valence-corrected chi connectivity index (χ1v) is 17.5. The van der Waals surface area contributed by atoms with E-state index in [0.29, 0.717) is 15.6 Å². The van der Waals surface area contributed by atoms with Crippen LogP contribution in [0.1, 0.15) is 38.9 Å². The third-order valence-corrected chi connectivity index (χ3v) is 10.9. The van der Waals surface area contributed by atoms with Crippen molar-refractivity contribution in [2.75, 3.05) is 5.75 Å². The molecule has 0 fully saturated rings. The normalized spacial score (nSPS) is 13.3. The molecule has 0 saturated heterocycles. The zero-order valence-electron chi connectivity index (χ0n) is 26.4. The fraction of sp³-hybridized carbons (Fsp3) is 0.119. The Labute approximate surface area is 296 Å². The second-order valence-corrected chi connectivity index (χ2v) is 13.7. The average Bonchev–Trinajstić information content (AvgIpc) is 3.13. The van der Waals surface area contributed by atoms with Gasteiger partial charge in [0.2, 0.25) is 0 Å². The molecular formula is C42H35Cl2NO2S.